The fraction of sp³-hybridized carbons (Fsp3) is 0.769. The van der Waals surface area contributed by atoms with Gasteiger partial charge in [-0.15, -0.1) is 11.3 Å². The van der Waals surface area contributed by atoms with E-state index in [0.29, 0.717) is 0 Å². The van der Waals surface area contributed by atoms with E-state index in [1.54, 1.807) is 11.3 Å². The molecule has 2 unspecified atom stereocenters. The van der Waals surface area contributed by atoms with Crippen molar-refractivity contribution in [3.8, 4) is 0 Å². The van der Waals surface area contributed by atoms with E-state index in [1.807, 2.05) is 0 Å². The molecule has 1 fully saturated rings. The van der Waals surface area contributed by atoms with Crippen LogP contribution >= 0.6 is 11.3 Å². The van der Waals surface area contributed by atoms with E-state index in [1.165, 1.54) is 29.8 Å². The van der Waals surface area contributed by atoms with Gasteiger partial charge in [-0.05, 0) is 45.4 Å². The monoisotopic (exact) mass is 252 g/mol. The molecular formula is C13H20N2OS. The van der Waals surface area contributed by atoms with Crippen molar-refractivity contribution in [1.82, 2.24) is 4.98 Å². The predicted molar refractivity (Wildman–Crippen MR) is 69.1 cm³/mol. The SMILES string of the molecule is CC1(c2nc3c(s2)C(N)CCC3)CCCCO1. The first-order valence-corrected chi connectivity index (χ1v) is 7.40. The lowest BCUT2D eigenvalue weighted by atomic mass is 9.96. The number of thiazole rings is 1. The molecule has 3 rings (SSSR count). The summed E-state index contributed by atoms with van der Waals surface area (Å²) >= 11 is 1.79. The molecule has 1 aliphatic carbocycles. The van der Waals surface area contributed by atoms with Gasteiger partial charge in [0.25, 0.3) is 0 Å². The lowest BCUT2D eigenvalue weighted by molar-refractivity contribution is -0.0702. The summed E-state index contributed by atoms with van der Waals surface area (Å²) in [4.78, 5) is 6.12. The van der Waals surface area contributed by atoms with Crippen LogP contribution in [0.15, 0.2) is 0 Å². The van der Waals surface area contributed by atoms with Gasteiger partial charge >= 0.3 is 0 Å². The predicted octanol–water partition coefficient (Wildman–Crippen LogP) is 2.89. The smallest absolute Gasteiger partial charge is 0.125 e. The van der Waals surface area contributed by atoms with E-state index < -0.39 is 0 Å². The molecular weight excluding hydrogens is 232 g/mol. The zero-order valence-electron chi connectivity index (χ0n) is 10.4. The summed E-state index contributed by atoms with van der Waals surface area (Å²) < 4.78 is 5.97. The molecule has 2 atom stereocenters. The van der Waals surface area contributed by atoms with E-state index in [0.717, 1.165) is 30.9 Å². The average Bonchev–Trinajstić information content (AvgIpc) is 2.76. The largest absolute Gasteiger partial charge is 0.368 e. The van der Waals surface area contributed by atoms with Gasteiger partial charge < -0.3 is 10.5 Å². The highest BCUT2D eigenvalue weighted by atomic mass is 32.1. The van der Waals surface area contributed by atoms with Gasteiger partial charge in [0.2, 0.25) is 0 Å². The maximum Gasteiger partial charge on any atom is 0.125 e. The number of aromatic nitrogens is 1. The normalized spacial score (nSPS) is 33.4. The molecule has 2 N–H and O–H groups in total. The number of aryl methyl sites for hydroxylation is 1. The molecule has 1 saturated heterocycles. The Labute approximate surface area is 106 Å². The van der Waals surface area contributed by atoms with Crippen molar-refractivity contribution in [2.45, 2.75) is 57.1 Å². The summed E-state index contributed by atoms with van der Waals surface area (Å²) in [6.07, 6.45) is 6.89. The molecule has 4 heteroatoms. The van der Waals surface area contributed by atoms with Gasteiger partial charge in [-0.3, -0.25) is 0 Å². The molecule has 0 amide bonds. The third kappa shape index (κ3) is 2.02. The maximum atomic E-state index is 6.16. The lowest BCUT2D eigenvalue weighted by Gasteiger charge is -2.31. The van der Waals surface area contributed by atoms with Crippen molar-refractivity contribution in [3.05, 3.63) is 15.6 Å². The summed E-state index contributed by atoms with van der Waals surface area (Å²) in [5.41, 5.74) is 7.24. The quantitative estimate of drug-likeness (QED) is 0.836. The van der Waals surface area contributed by atoms with Gasteiger partial charge in [0.15, 0.2) is 0 Å². The van der Waals surface area contributed by atoms with Crippen LogP contribution in [-0.2, 0) is 16.8 Å². The number of fused-ring (bicyclic) bond motifs is 1. The number of ether oxygens (including phenoxy) is 1. The number of hydrogen-bond acceptors (Lipinski definition) is 4. The summed E-state index contributed by atoms with van der Waals surface area (Å²) in [6.45, 7) is 3.05. The standard InChI is InChI=1S/C13H20N2OS/c1-13(7-2-3-8-16-13)12-15-10-6-4-5-9(14)11(10)17-12/h9H,2-8,14H2,1H3. The van der Waals surface area contributed by atoms with E-state index in [9.17, 15) is 0 Å². The molecule has 0 aromatic carbocycles. The Kier molecular flexibility index (Phi) is 2.97. The van der Waals surface area contributed by atoms with Crippen LogP contribution in [0.4, 0.5) is 0 Å². The first kappa shape index (κ1) is 11.6. The summed E-state index contributed by atoms with van der Waals surface area (Å²) in [5, 5.41) is 1.15. The van der Waals surface area contributed by atoms with Crippen LogP contribution in [0.5, 0.6) is 0 Å². The minimum atomic E-state index is -0.153. The average molecular weight is 252 g/mol. The molecule has 0 radical (unpaired) electrons. The molecule has 1 aromatic heterocycles. The minimum Gasteiger partial charge on any atom is -0.368 e. The van der Waals surface area contributed by atoms with Gasteiger partial charge in [-0.1, -0.05) is 0 Å². The molecule has 0 spiro atoms. The van der Waals surface area contributed by atoms with Crippen LogP contribution in [0.1, 0.15) is 60.6 Å². The van der Waals surface area contributed by atoms with Crippen LogP contribution in [0.3, 0.4) is 0 Å². The molecule has 3 nitrogen and oxygen atoms in total. The Morgan fingerprint density at radius 2 is 2.29 bits per heavy atom. The molecule has 17 heavy (non-hydrogen) atoms. The second-order valence-corrected chi connectivity index (χ2v) is 6.40. The van der Waals surface area contributed by atoms with Crippen LogP contribution in [-0.4, -0.2) is 11.6 Å². The highest BCUT2D eigenvalue weighted by Crippen LogP contribution is 2.41. The molecule has 0 bridgehead atoms. The summed E-state index contributed by atoms with van der Waals surface area (Å²) in [5.74, 6) is 0. The number of hydrogen-bond donors (Lipinski definition) is 1. The second kappa shape index (κ2) is 4.34. The van der Waals surface area contributed by atoms with Crippen LogP contribution < -0.4 is 5.73 Å². The molecule has 2 aliphatic rings. The number of nitrogens with zero attached hydrogens (tertiary/aromatic N) is 1. The van der Waals surface area contributed by atoms with Crippen LogP contribution in [0.25, 0.3) is 0 Å². The molecule has 2 heterocycles. The zero-order valence-corrected chi connectivity index (χ0v) is 11.2. The van der Waals surface area contributed by atoms with E-state index in [4.69, 9.17) is 15.5 Å². The van der Waals surface area contributed by atoms with E-state index >= 15 is 0 Å². The second-order valence-electron chi connectivity index (χ2n) is 5.37. The summed E-state index contributed by atoms with van der Waals surface area (Å²) in [7, 11) is 0. The van der Waals surface area contributed by atoms with Crippen molar-refractivity contribution in [2.24, 2.45) is 5.73 Å². The molecule has 0 saturated carbocycles. The van der Waals surface area contributed by atoms with Gasteiger partial charge in [-0.2, -0.15) is 0 Å². The molecule has 94 valence electrons. The fourth-order valence-electron chi connectivity index (χ4n) is 2.78. The topological polar surface area (TPSA) is 48.1 Å². The van der Waals surface area contributed by atoms with Crippen molar-refractivity contribution in [1.29, 1.82) is 0 Å². The van der Waals surface area contributed by atoms with Gasteiger partial charge in [0, 0.05) is 17.5 Å². The Morgan fingerprint density at radius 1 is 1.41 bits per heavy atom. The van der Waals surface area contributed by atoms with Gasteiger partial charge in [-0.25, -0.2) is 4.98 Å². The zero-order chi connectivity index (χ0) is 11.9. The Hall–Kier alpha value is -0.450. The number of nitrogens with two attached hydrogens (primary N) is 1. The van der Waals surface area contributed by atoms with Crippen molar-refractivity contribution < 1.29 is 4.74 Å². The number of rotatable bonds is 1. The van der Waals surface area contributed by atoms with Crippen molar-refractivity contribution in [2.75, 3.05) is 6.61 Å². The molecule has 1 aliphatic heterocycles. The minimum absolute atomic E-state index is 0.153. The van der Waals surface area contributed by atoms with Gasteiger partial charge in [0.05, 0.1) is 5.69 Å². The van der Waals surface area contributed by atoms with Crippen LogP contribution in [0.2, 0.25) is 0 Å². The Bertz CT molecular complexity index is 410. The highest BCUT2D eigenvalue weighted by Gasteiger charge is 2.35. The van der Waals surface area contributed by atoms with Gasteiger partial charge in [0.1, 0.15) is 10.6 Å². The third-order valence-electron chi connectivity index (χ3n) is 3.91. The Morgan fingerprint density at radius 3 is 3.00 bits per heavy atom. The first-order chi connectivity index (χ1) is 8.19. The fourth-order valence-corrected chi connectivity index (χ4v) is 4.06. The third-order valence-corrected chi connectivity index (χ3v) is 5.39. The first-order valence-electron chi connectivity index (χ1n) is 6.59. The Balaban J connectivity index is 1.93. The van der Waals surface area contributed by atoms with Crippen molar-refractivity contribution >= 4 is 11.3 Å². The maximum absolute atomic E-state index is 6.16. The lowest BCUT2D eigenvalue weighted by Crippen LogP contribution is -2.30. The van der Waals surface area contributed by atoms with E-state index in [2.05, 4.69) is 6.92 Å². The highest BCUT2D eigenvalue weighted by molar-refractivity contribution is 7.12. The molecule has 1 aromatic rings. The van der Waals surface area contributed by atoms with Crippen LogP contribution in [0, 0.1) is 0 Å². The van der Waals surface area contributed by atoms with E-state index in [-0.39, 0.29) is 11.6 Å². The van der Waals surface area contributed by atoms with Crippen molar-refractivity contribution in [3.63, 3.8) is 0 Å². The summed E-state index contributed by atoms with van der Waals surface area (Å²) in [6, 6.07) is 0.206.